The molecule has 23 heavy (non-hydrogen) atoms. The summed E-state index contributed by atoms with van der Waals surface area (Å²) in [6.07, 6.45) is 3.84. The summed E-state index contributed by atoms with van der Waals surface area (Å²) in [5.74, 6) is -1.92. The number of benzene rings is 1. The molecule has 1 amide bonds. The second-order valence-corrected chi connectivity index (χ2v) is 5.05. The zero-order valence-corrected chi connectivity index (χ0v) is 12.8. The number of amides is 1. The molecule has 0 saturated heterocycles. The lowest BCUT2D eigenvalue weighted by Gasteiger charge is -2.23. The number of pyridine rings is 1. The molecular weight excluding hydrogens is 302 g/mol. The van der Waals surface area contributed by atoms with Crippen molar-refractivity contribution in [1.29, 1.82) is 0 Å². The number of ether oxygens (including phenoxy) is 1. The number of halogens is 2. The van der Waals surface area contributed by atoms with Gasteiger partial charge in [0.25, 0.3) is 5.91 Å². The van der Waals surface area contributed by atoms with Crippen molar-refractivity contribution in [3.63, 3.8) is 0 Å². The normalized spacial score (nSPS) is 10.6. The first-order chi connectivity index (χ1) is 11.1. The number of rotatable bonds is 7. The number of carbonyl (C=O) groups is 1. The van der Waals surface area contributed by atoms with Crippen LogP contribution in [0.3, 0.4) is 0 Å². The number of carbonyl (C=O) groups excluding carboxylic acids is 1. The fourth-order valence-corrected chi connectivity index (χ4v) is 2.19. The highest BCUT2D eigenvalue weighted by atomic mass is 19.1. The second kappa shape index (κ2) is 8.33. The van der Waals surface area contributed by atoms with Crippen LogP contribution in [0.2, 0.25) is 0 Å². The Hall–Kier alpha value is -2.34. The molecule has 2 aromatic rings. The minimum Gasteiger partial charge on any atom is -0.385 e. The summed E-state index contributed by atoms with van der Waals surface area (Å²) in [5.41, 5.74) is 0.596. The third kappa shape index (κ3) is 4.82. The fourth-order valence-electron chi connectivity index (χ4n) is 2.19. The number of aromatic nitrogens is 1. The highest BCUT2D eigenvalue weighted by Gasteiger charge is 2.20. The average molecular weight is 320 g/mol. The quantitative estimate of drug-likeness (QED) is 0.737. The van der Waals surface area contributed by atoms with E-state index in [2.05, 4.69) is 4.98 Å². The molecule has 0 aliphatic heterocycles. The molecule has 0 atom stereocenters. The fraction of sp³-hybridized carbons (Fsp3) is 0.294. The summed E-state index contributed by atoms with van der Waals surface area (Å²) in [4.78, 5) is 18.0. The predicted octanol–water partition coefficient (Wildman–Crippen LogP) is 3.04. The molecule has 0 aliphatic carbocycles. The Morgan fingerprint density at radius 2 is 1.96 bits per heavy atom. The van der Waals surface area contributed by atoms with E-state index in [0.29, 0.717) is 26.1 Å². The summed E-state index contributed by atoms with van der Waals surface area (Å²) >= 11 is 0. The van der Waals surface area contributed by atoms with Crippen LogP contribution < -0.4 is 0 Å². The Morgan fingerprint density at radius 1 is 1.22 bits per heavy atom. The van der Waals surface area contributed by atoms with E-state index in [9.17, 15) is 13.6 Å². The van der Waals surface area contributed by atoms with Gasteiger partial charge in [0.1, 0.15) is 11.6 Å². The predicted molar refractivity (Wildman–Crippen MR) is 81.8 cm³/mol. The van der Waals surface area contributed by atoms with Crippen molar-refractivity contribution in [2.45, 2.75) is 13.0 Å². The molecule has 0 bridgehead atoms. The van der Waals surface area contributed by atoms with E-state index in [4.69, 9.17) is 4.74 Å². The molecule has 1 heterocycles. The van der Waals surface area contributed by atoms with Gasteiger partial charge in [-0.3, -0.25) is 9.78 Å². The van der Waals surface area contributed by atoms with Crippen LogP contribution in [0.25, 0.3) is 0 Å². The van der Waals surface area contributed by atoms with Crippen LogP contribution in [0.5, 0.6) is 0 Å². The van der Waals surface area contributed by atoms with Crippen molar-refractivity contribution in [1.82, 2.24) is 9.88 Å². The molecule has 0 aliphatic rings. The molecule has 4 nitrogen and oxygen atoms in total. The zero-order chi connectivity index (χ0) is 16.7. The first kappa shape index (κ1) is 17.0. The monoisotopic (exact) mass is 320 g/mol. The minimum atomic E-state index is -0.733. The van der Waals surface area contributed by atoms with Gasteiger partial charge >= 0.3 is 0 Å². The van der Waals surface area contributed by atoms with Gasteiger partial charge in [0.05, 0.1) is 5.56 Å². The van der Waals surface area contributed by atoms with Gasteiger partial charge in [-0.05, 0) is 42.3 Å². The van der Waals surface area contributed by atoms with Crippen molar-refractivity contribution >= 4 is 5.91 Å². The Kier molecular flexibility index (Phi) is 6.17. The van der Waals surface area contributed by atoms with Crippen LogP contribution in [0, 0.1) is 11.6 Å². The van der Waals surface area contributed by atoms with E-state index in [-0.39, 0.29) is 5.56 Å². The molecule has 122 valence electrons. The maximum absolute atomic E-state index is 13.9. The van der Waals surface area contributed by atoms with E-state index in [1.54, 1.807) is 31.6 Å². The van der Waals surface area contributed by atoms with Gasteiger partial charge in [0.15, 0.2) is 0 Å². The number of hydrogen-bond acceptors (Lipinski definition) is 3. The topological polar surface area (TPSA) is 42.4 Å². The summed E-state index contributed by atoms with van der Waals surface area (Å²) in [7, 11) is 1.57. The van der Waals surface area contributed by atoms with Crippen molar-refractivity contribution in [2.75, 3.05) is 20.3 Å². The third-order valence-electron chi connectivity index (χ3n) is 3.35. The highest BCUT2D eigenvalue weighted by Crippen LogP contribution is 2.15. The van der Waals surface area contributed by atoms with Crippen LogP contribution in [-0.4, -0.2) is 36.1 Å². The lowest BCUT2D eigenvalue weighted by atomic mass is 10.1. The van der Waals surface area contributed by atoms with Gasteiger partial charge in [-0.15, -0.1) is 0 Å². The van der Waals surface area contributed by atoms with E-state index >= 15 is 0 Å². The van der Waals surface area contributed by atoms with Gasteiger partial charge < -0.3 is 9.64 Å². The number of hydrogen-bond donors (Lipinski definition) is 0. The van der Waals surface area contributed by atoms with Gasteiger partial charge in [-0.2, -0.15) is 0 Å². The molecule has 1 aromatic carbocycles. The maximum Gasteiger partial charge on any atom is 0.257 e. The standard InChI is InChI=1S/C17H18F2N2O2/c1-23-10-2-9-21(12-13-5-7-20-8-6-13)17(22)15-11-14(18)3-4-16(15)19/h3-8,11H,2,9-10,12H2,1H3. The zero-order valence-electron chi connectivity index (χ0n) is 12.8. The summed E-state index contributed by atoms with van der Waals surface area (Å²) in [6.45, 7) is 1.15. The van der Waals surface area contributed by atoms with Gasteiger partial charge in [0.2, 0.25) is 0 Å². The molecule has 0 N–H and O–H groups in total. The van der Waals surface area contributed by atoms with E-state index in [1.165, 1.54) is 4.90 Å². The summed E-state index contributed by atoms with van der Waals surface area (Å²) in [6, 6.07) is 6.43. The van der Waals surface area contributed by atoms with Gasteiger partial charge in [-0.1, -0.05) is 0 Å². The molecular formula is C17H18F2N2O2. The smallest absolute Gasteiger partial charge is 0.257 e. The third-order valence-corrected chi connectivity index (χ3v) is 3.35. The molecule has 0 spiro atoms. The first-order valence-electron chi connectivity index (χ1n) is 7.24. The average Bonchev–Trinajstić information content (AvgIpc) is 2.56. The molecule has 0 unspecified atom stereocenters. The number of nitrogens with zero attached hydrogens (tertiary/aromatic N) is 2. The first-order valence-corrected chi connectivity index (χ1v) is 7.24. The summed E-state index contributed by atoms with van der Waals surface area (Å²) < 4.78 is 32.2. The Labute approximate surface area is 133 Å². The van der Waals surface area contributed by atoms with Crippen LogP contribution in [0.15, 0.2) is 42.7 Å². The molecule has 0 radical (unpaired) electrons. The Morgan fingerprint density at radius 3 is 2.65 bits per heavy atom. The molecule has 1 aromatic heterocycles. The largest absolute Gasteiger partial charge is 0.385 e. The van der Waals surface area contributed by atoms with Crippen LogP contribution in [0.1, 0.15) is 22.3 Å². The van der Waals surface area contributed by atoms with Gasteiger partial charge in [0, 0.05) is 39.2 Å². The van der Waals surface area contributed by atoms with Crippen LogP contribution in [0.4, 0.5) is 8.78 Å². The Bertz CT molecular complexity index is 650. The Balaban J connectivity index is 2.21. The van der Waals surface area contributed by atoms with Gasteiger partial charge in [-0.25, -0.2) is 8.78 Å². The number of methoxy groups -OCH3 is 1. The lowest BCUT2D eigenvalue weighted by molar-refractivity contribution is 0.0718. The molecule has 6 heteroatoms. The van der Waals surface area contributed by atoms with Crippen molar-refractivity contribution in [3.05, 3.63) is 65.5 Å². The summed E-state index contributed by atoms with van der Waals surface area (Å²) in [5, 5.41) is 0. The molecule has 0 saturated carbocycles. The molecule has 0 fully saturated rings. The van der Waals surface area contributed by atoms with Crippen LogP contribution in [-0.2, 0) is 11.3 Å². The lowest BCUT2D eigenvalue weighted by Crippen LogP contribution is -2.32. The van der Waals surface area contributed by atoms with E-state index in [1.807, 2.05) is 0 Å². The van der Waals surface area contributed by atoms with E-state index in [0.717, 1.165) is 23.8 Å². The van der Waals surface area contributed by atoms with Crippen molar-refractivity contribution in [3.8, 4) is 0 Å². The SMILES string of the molecule is COCCCN(Cc1ccncc1)C(=O)c1cc(F)ccc1F. The van der Waals surface area contributed by atoms with E-state index < -0.39 is 17.5 Å². The molecule has 2 rings (SSSR count). The van der Waals surface area contributed by atoms with Crippen molar-refractivity contribution < 1.29 is 18.3 Å². The minimum absolute atomic E-state index is 0.267. The van der Waals surface area contributed by atoms with Crippen molar-refractivity contribution in [2.24, 2.45) is 0 Å². The van der Waals surface area contributed by atoms with Crippen LogP contribution >= 0.6 is 0 Å². The second-order valence-electron chi connectivity index (χ2n) is 5.05. The maximum atomic E-state index is 13.9. The highest BCUT2D eigenvalue weighted by molar-refractivity contribution is 5.94.